The molecule has 0 radical (unpaired) electrons. The molecule has 2 rings (SSSR count). The van der Waals surface area contributed by atoms with E-state index in [4.69, 9.17) is 10.5 Å². The number of hydrogen-bond donors (Lipinski definition) is 1. The van der Waals surface area contributed by atoms with Gasteiger partial charge in [-0.1, -0.05) is 13.3 Å². The lowest BCUT2D eigenvalue weighted by molar-refractivity contribution is 0.124. The summed E-state index contributed by atoms with van der Waals surface area (Å²) in [5.41, 5.74) is 8.23. The fourth-order valence-electron chi connectivity index (χ4n) is 2.39. The van der Waals surface area contributed by atoms with Gasteiger partial charge >= 0.3 is 0 Å². The van der Waals surface area contributed by atoms with Crippen molar-refractivity contribution in [3.05, 3.63) is 30.1 Å². The molecule has 20 heavy (non-hydrogen) atoms. The molecule has 2 aromatic heterocycles. The summed E-state index contributed by atoms with van der Waals surface area (Å²) in [6, 6.07) is 4.26. The second-order valence-electron chi connectivity index (χ2n) is 5.37. The van der Waals surface area contributed by atoms with Crippen LogP contribution in [0.4, 0.5) is 0 Å². The number of rotatable bonds is 8. The monoisotopic (exact) mass is 275 g/mol. The number of ether oxygens (including phenoxy) is 1. The number of unbranched alkanes of at least 4 members (excludes halogenated alkanes) is 1. The van der Waals surface area contributed by atoms with Crippen LogP contribution in [0.1, 0.15) is 32.3 Å². The molecule has 0 amide bonds. The van der Waals surface area contributed by atoms with Crippen molar-refractivity contribution in [3.63, 3.8) is 0 Å². The maximum atomic E-state index is 5.93. The Balaban J connectivity index is 2.08. The standard InChI is InChI=1S/C16H25N3O/c1-3-4-9-20-10-8-19-12-14(11-13(2)17)15-6-5-7-18-16(15)19/h5-7,12-13H,3-4,8-11,17H2,1-2H3. The summed E-state index contributed by atoms with van der Waals surface area (Å²) in [4.78, 5) is 4.49. The number of aromatic nitrogens is 2. The van der Waals surface area contributed by atoms with E-state index >= 15 is 0 Å². The molecular weight excluding hydrogens is 250 g/mol. The highest BCUT2D eigenvalue weighted by Gasteiger charge is 2.10. The van der Waals surface area contributed by atoms with Gasteiger partial charge in [-0.3, -0.25) is 0 Å². The van der Waals surface area contributed by atoms with Crippen LogP contribution in [0.5, 0.6) is 0 Å². The van der Waals surface area contributed by atoms with E-state index in [9.17, 15) is 0 Å². The van der Waals surface area contributed by atoms with Gasteiger partial charge in [0, 0.05) is 37.0 Å². The summed E-state index contributed by atoms with van der Waals surface area (Å²) in [7, 11) is 0. The molecular formula is C16H25N3O. The molecule has 0 bridgehead atoms. The smallest absolute Gasteiger partial charge is 0.140 e. The molecule has 2 heterocycles. The molecule has 0 spiro atoms. The lowest BCUT2D eigenvalue weighted by Crippen LogP contribution is -2.17. The van der Waals surface area contributed by atoms with E-state index < -0.39 is 0 Å². The number of fused-ring (bicyclic) bond motifs is 1. The van der Waals surface area contributed by atoms with Gasteiger partial charge in [0.05, 0.1) is 6.61 Å². The number of pyridine rings is 1. The lowest BCUT2D eigenvalue weighted by Gasteiger charge is -2.05. The number of nitrogens with two attached hydrogens (primary N) is 1. The van der Waals surface area contributed by atoms with Crippen LogP contribution in [-0.4, -0.2) is 28.8 Å². The highest BCUT2D eigenvalue weighted by atomic mass is 16.5. The predicted molar refractivity (Wildman–Crippen MR) is 82.8 cm³/mol. The van der Waals surface area contributed by atoms with Crippen molar-refractivity contribution in [3.8, 4) is 0 Å². The molecule has 4 heteroatoms. The van der Waals surface area contributed by atoms with Gasteiger partial charge in [-0.2, -0.15) is 0 Å². The van der Waals surface area contributed by atoms with Crippen LogP contribution in [0.25, 0.3) is 11.0 Å². The van der Waals surface area contributed by atoms with Crippen molar-refractivity contribution < 1.29 is 4.74 Å². The van der Waals surface area contributed by atoms with Crippen LogP contribution in [-0.2, 0) is 17.7 Å². The van der Waals surface area contributed by atoms with Crippen molar-refractivity contribution in [1.29, 1.82) is 0 Å². The SMILES string of the molecule is CCCCOCCn1cc(CC(C)N)c2cccnc21. The van der Waals surface area contributed by atoms with Gasteiger partial charge in [0.15, 0.2) is 0 Å². The van der Waals surface area contributed by atoms with Gasteiger partial charge in [-0.15, -0.1) is 0 Å². The van der Waals surface area contributed by atoms with Crippen LogP contribution >= 0.6 is 0 Å². The van der Waals surface area contributed by atoms with E-state index in [-0.39, 0.29) is 6.04 Å². The van der Waals surface area contributed by atoms with Crippen LogP contribution in [0, 0.1) is 0 Å². The van der Waals surface area contributed by atoms with Crippen LogP contribution in [0.2, 0.25) is 0 Å². The quantitative estimate of drug-likeness (QED) is 0.754. The Labute approximate surface area is 120 Å². The zero-order chi connectivity index (χ0) is 14.4. The molecule has 0 saturated carbocycles. The summed E-state index contributed by atoms with van der Waals surface area (Å²) >= 11 is 0. The third-order valence-corrected chi connectivity index (χ3v) is 3.38. The average molecular weight is 275 g/mol. The normalized spacial score (nSPS) is 12.9. The molecule has 0 saturated heterocycles. The minimum atomic E-state index is 0.162. The van der Waals surface area contributed by atoms with E-state index in [1.165, 1.54) is 17.4 Å². The molecule has 2 N–H and O–H groups in total. The van der Waals surface area contributed by atoms with Gasteiger partial charge in [-0.25, -0.2) is 4.98 Å². The Bertz CT molecular complexity index is 534. The van der Waals surface area contributed by atoms with Crippen LogP contribution < -0.4 is 5.73 Å². The zero-order valence-corrected chi connectivity index (χ0v) is 12.5. The maximum Gasteiger partial charge on any atom is 0.140 e. The van der Waals surface area contributed by atoms with Crippen LogP contribution in [0.3, 0.4) is 0 Å². The molecule has 4 nitrogen and oxygen atoms in total. The Morgan fingerprint density at radius 2 is 2.25 bits per heavy atom. The number of hydrogen-bond acceptors (Lipinski definition) is 3. The summed E-state index contributed by atoms with van der Waals surface area (Å²) < 4.78 is 7.82. The molecule has 0 aliphatic carbocycles. The van der Waals surface area contributed by atoms with Crippen LogP contribution in [0.15, 0.2) is 24.5 Å². The fourth-order valence-corrected chi connectivity index (χ4v) is 2.39. The second kappa shape index (κ2) is 7.41. The molecule has 0 fully saturated rings. The van der Waals surface area contributed by atoms with Gasteiger partial charge in [0.2, 0.25) is 0 Å². The topological polar surface area (TPSA) is 53.1 Å². The lowest BCUT2D eigenvalue weighted by atomic mass is 10.1. The summed E-state index contributed by atoms with van der Waals surface area (Å²) in [6.07, 6.45) is 7.19. The minimum absolute atomic E-state index is 0.162. The second-order valence-corrected chi connectivity index (χ2v) is 5.37. The van der Waals surface area contributed by atoms with Crippen molar-refractivity contribution in [2.75, 3.05) is 13.2 Å². The van der Waals surface area contributed by atoms with Crippen molar-refractivity contribution in [2.24, 2.45) is 5.73 Å². The first kappa shape index (κ1) is 15.0. The Morgan fingerprint density at radius 1 is 1.40 bits per heavy atom. The van der Waals surface area contributed by atoms with E-state index in [2.05, 4.69) is 28.7 Å². The molecule has 110 valence electrons. The zero-order valence-electron chi connectivity index (χ0n) is 12.5. The third-order valence-electron chi connectivity index (χ3n) is 3.38. The predicted octanol–water partition coefficient (Wildman–Crippen LogP) is 2.74. The summed E-state index contributed by atoms with van der Waals surface area (Å²) in [5.74, 6) is 0. The van der Waals surface area contributed by atoms with Gasteiger partial charge in [0.25, 0.3) is 0 Å². The first-order chi connectivity index (χ1) is 9.72. The summed E-state index contributed by atoms with van der Waals surface area (Å²) in [5, 5.41) is 1.21. The number of nitrogens with zero attached hydrogens (tertiary/aromatic N) is 2. The first-order valence-corrected chi connectivity index (χ1v) is 7.48. The molecule has 0 aliphatic heterocycles. The van der Waals surface area contributed by atoms with Crippen molar-refractivity contribution >= 4 is 11.0 Å². The average Bonchev–Trinajstić information content (AvgIpc) is 2.77. The molecule has 1 atom stereocenters. The third kappa shape index (κ3) is 3.81. The Hall–Kier alpha value is -1.39. The molecule has 1 unspecified atom stereocenters. The highest BCUT2D eigenvalue weighted by Crippen LogP contribution is 2.20. The van der Waals surface area contributed by atoms with E-state index in [1.54, 1.807) is 0 Å². The first-order valence-electron chi connectivity index (χ1n) is 7.48. The maximum absolute atomic E-state index is 5.93. The van der Waals surface area contributed by atoms with E-state index in [1.807, 2.05) is 19.2 Å². The van der Waals surface area contributed by atoms with Gasteiger partial charge in [0.1, 0.15) is 5.65 Å². The van der Waals surface area contributed by atoms with Gasteiger partial charge < -0.3 is 15.0 Å². The molecule has 0 aromatic carbocycles. The Morgan fingerprint density at radius 3 is 3.00 bits per heavy atom. The van der Waals surface area contributed by atoms with E-state index in [0.29, 0.717) is 0 Å². The highest BCUT2D eigenvalue weighted by molar-refractivity contribution is 5.80. The Kier molecular flexibility index (Phi) is 5.56. The largest absolute Gasteiger partial charge is 0.380 e. The van der Waals surface area contributed by atoms with E-state index in [0.717, 1.165) is 38.2 Å². The van der Waals surface area contributed by atoms with Crippen molar-refractivity contribution in [2.45, 2.75) is 45.7 Å². The fraction of sp³-hybridized carbons (Fsp3) is 0.562. The molecule has 0 aliphatic rings. The van der Waals surface area contributed by atoms with Crippen molar-refractivity contribution in [1.82, 2.24) is 9.55 Å². The van der Waals surface area contributed by atoms with Gasteiger partial charge in [-0.05, 0) is 37.5 Å². The molecule has 2 aromatic rings. The summed E-state index contributed by atoms with van der Waals surface area (Å²) in [6.45, 7) is 6.63. The minimum Gasteiger partial charge on any atom is -0.380 e.